The molecule has 1 aliphatic heterocycles. The summed E-state index contributed by atoms with van der Waals surface area (Å²) in [5.74, 6) is 0.257. The third-order valence-corrected chi connectivity index (χ3v) is 4.61. The molecule has 1 saturated heterocycles. The first-order valence-electron chi connectivity index (χ1n) is 8.92. The van der Waals surface area contributed by atoms with Crippen molar-refractivity contribution in [3.05, 3.63) is 59.9 Å². The van der Waals surface area contributed by atoms with E-state index >= 15 is 0 Å². The van der Waals surface area contributed by atoms with Crippen molar-refractivity contribution in [3.8, 4) is 0 Å². The molecule has 132 valence electrons. The number of nitrogens with zero attached hydrogens (tertiary/aromatic N) is 2. The van der Waals surface area contributed by atoms with Crippen molar-refractivity contribution in [1.82, 2.24) is 15.2 Å². The first kappa shape index (κ1) is 17.4. The molecule has 2 aromatic rings. The number of amides is 1. The molecule has 1 aliphatic rings. The Morgan fingerprint density at radius 2 is 2.04 bits per heavy atom. The highest BCUT2D eigenvalue weighted by Gasteiger charge is 2.25. The summed E-state index contributed by atoms with van der Waals surface area (Å²) < 4.78 is 0. The molecule has 0 spiro atoms. The Balaban J connectivity index is 1.44. The number of benzene rings is 1. The van der Waals surface area contributed by atoms with Crippen LogP contribution in [0.15, 0.2) is 48.8 Å². The largest absolute Gasteiger partial charge is 0.383 e. The minimum Gasteiger partial charge on any atom is -0.383 e. The van der Waals surface area contributed by atoms with Crippen LogP contribution in [0, 0.1) is 6.92 Å². The van der Waals surface area contributed by atoms with E-state index in [1.807, 2.05) is 35.4 Å². The highest BCUT2D eigenvalue weighted by Crippen LogP contribution is 2.15. The number of hydrogen-bond acceptors (Lipinski definition) is 4. The van der Waals surface area contributed by atoms with E-state index in [2.05, 4.69) is 34.7 Å². The van der Waals surface area contributed by atoms with Crippen LogP contribution >= 0.6 is 0 Å². The van der Waals surface area contributed by atoms with Crippen molar-refractivity contribution in [2.75, 3.05) is 25.0 Å². The van der Waals surface area contributed by atoms with Crippen LogP contribution in [0.5, 0.6) is 0 Å². The molecule has 25 heavy (non-hydrogen) atoms. The SMILES string of the molecule is Cc1cnccc1NCCNC1CCC(=O)N(Cc2ccccc2)C1. The second kappa shape index (κ2) is 8.62. The average Bonchev–Trinajstić information content (AvgIpc) is 2.63. The van der Waals surface area contributed by atoms with Gasteiger partial charge in [-0.05, 0) is 30.5 Å². The molecule has 1 unspecified atom stereocenters. The number of anilines is 1. The quantitative estimate of drug-likeness (QED) is 0.762. The summed E-state index contributed by atoms with van der Waals surface area (Å²) in [6.07, 6.45) is 5.21. The molecular formula is C20H26N4O. The molecule has 0 bridgehead atoms. The van der Waals surface area contributed by atoms with Crippen molar-refractivity contribution in [3.63, 3.8) is 0 Å². The first-order valence-corrected chi connectivity index (χ1v) is 8.92. The van der Waals surface area contributed by atoms with Gasteiger partial charge in [0.15, 0.2) is 0 Å². The van der Waals surface area contributed by atoms with Gasteiger partial charge in [-0.2, -0.15) is 0 Å². The Labute approximate surface area is 149 Å². The number of likely N-dealkylation sites (tertiary alicyclic amines) is 1. The topological polar surface area (TPSA) is 57.3 Å². The van der Waals surface area contributed by atoms with Gasteiger partial charge in [0, 0.05) is 56.7 Å². The average molecular weight is 338 g/mol. The molecule has 3 rings (SSSR count). The Morgan fingerprint density at radius 3 is 2.84 bits per heavy atom. The normalized spacial score (nSPS) is 17.6. The van der Waals surface area contributed by atoms with E-state index in [1.54, 1.807) is 6.20 Å². The molecule has 1 fully saturated rings. The zero-order valence-electron chi connectivity index (χ0n) is 14.7. The molecule has 0 aliphatic carbocycles. The summed E-state index contributed by atoms with van der Waals surface area (Å²) in [5, 5.41) is 7.00. The molecule has 2 N–H and O–H groups in total. The fourth-order valence-corrected chi connectivity index (χ4v) is 3.18. The fraction of sp³-hybridized carbons (Fsp3) is 0.400. The summed E-state index contributed by atoms with van der Waals surface area (Å²) >= 11 is 0. The number of aryl methyl sites for hydroxylation is 1. The van der Waals surface area contributed by atoms with Crippen molar-refractivity contribution in [2.24, 2.45) is 0 Å². The molecule has 2 heterocycles. The Bertz CT molecular complexity index is 689. The smallest absolute Gasteiger partial charge is 0.222 e. The van der Waals surface area contributed by atoms with E-state index in [9.17, 15) is 4.79 Å². The zero-order chi connectivity index (χ0) is 17.5. The Hall–Kier alpha value is -2.40. The first-order chi connectivity index (χ1) is 12.2. The van der Waals surface area contributed by atoms with Gasteiger partial charge in [-0.15, -0.1) is 0 Å². The van der Waals surface area contributed by atoms with Gasteiger partial charge < -0.3 is 15.5 Å². The van der Waals surface area contributed by atoms with Crippen LogP contribution in [0.3, 0.4) is 0 Å². The maximum Gasteiger partial charge on any atom is 0.222 e. The minimum atomic E-state index is 0.257. The molecule has 1 amide bonds. The van der Waals surface area contributed by atoms with Gasteiger partial charge in [0.2, 0.25) is 5.91 Å². The van der Waals surface area contributed by atoms with Crippen LogP contribution in [0.4, 0.5) is 5.69 Å². The lowest BCUT2D eigenvalue weighted by atomic mass is 10.0. The monoisotopic (exact) mass is 338 g/mol. The lowest BCUT2D eigenvalue weighted by molar-refractivity contribution is -0.134. The second-order valence-corrected chi connectivity index (χ2v) is 6.57. The fourth-order valence-electron chi connectivity index (χ4n) is 3.18. The molecular weight excluding hydrogens is 312 g/mol. The van der Waals surface area contributed by atoms with Crippen LogP contribution in [0.2, 0.25) is 0 Å². The van der Waals surface area contributed by atoms with E-state index in [0.717, 1.165) is 37.3 Å². The number of rotatable bonds is 7. The van der Waals surface area contributed by atoms with Gasteiger partial charge in [-0.1, -0.05) is 30.3 Å². The van der Waals surface area contributed by atoms with E-state index < -0.39 is 0 Å². The Kier molecular flexibility index (Phi) is 6.01. The van der Waals surface area contributed by atoms with Gasteiger partial charge >= 0.3 is 0 Å². The van der Waals surface area contributed by atoms with Crippen LogP contribution in [0.25, 0.3) is 0 Å². The Morgan fingerprint density at radius 1 is 1.20 bits per heavy atom. The summed E-state index contributed by atoms with van der Waals surface area (Å²) in [7, 11) is 0. The van der Waals surface area contributed by atoms with Gasteiger partial charge in [0.05, 0.1) is 0 Å². The lowest BCUT2D eigenvalue weighted by Crippen LogP contribution is -2.48. The van der Waals surface area contributed by atoms with E-state index in [0.29, 0.717) is 19.0 Å². The molecule has 1 aromatic heterocycles. The van der Waals surface area contributed by atoms with E-state index in [1.165, 1.54) is 5.56 Å². The van der Waals surface area contributed by atoms with E-state index in [-0.39, 0.29) is 5.91 Å². The number of hydrogen-bond donors (Lipinski definition) is 2. The zero-order valence-corrected chi connectivity index (χ0v) is 14.7. The molecule has 1 aromatic carbocycles. The number of aromatic nitrogens is 1. The highest BCUT2D eigenvalue weighted by molar-refractivity contribution is 5.77. The number of pyridine rings is 1. The number of carbonyl (C=O) groups is 1. The number of carbonyl (C=O) groups excluding carboxylic acids is 1. The molecule has 1 atom stereocenters. The summed E-state index contributed by atoms with van der Waals surface area (Å²) in [5.41, 5.74) is 3.47. The van der Waals surface area contributed by atoms with Crippen LogP contribution in [-0.4, -0.2) is 41.5 Å². The number of piperidine rings is 1. The minimum absolute atomic E-state index is 0.257. The molecule has 0 saturated carbocycles. The van der Waals surface area contributed by atoms with Crippen LogP contribution < -0.4 is 10.6 Å². The van der Waals surface area contributed by atoms with Gasteiger partial charge in [0.1, 0.15) is 0 Å². The van der Waals surface area contributed by atoms with Gasteiger partial charge in [-0.3, -0.25) is 9.78 Å². The molecule has 5 heteroatoms. The van der Waals surface area contributed by atoms with Crippen molar-refractivity contribution in [1.29, 1.82) is 0 Å². The summed E-state index contributed by atoms with van der Waals surface area (Å²) in [4.78, 5) is 18.2. The number of nitrogens with one attached hydrogen (secondary N) is 2. The van der Waals surface area contributed by atoms with Gasteiger partial charge in [-0.25, -0.2) is 0 Å². The van der Waals surface area contributed by atoms with Crippen LogP contribution in [-0.2, 0) is 11.3 Å². The summed E-state index contributed by atoms with van der Waals surface area (Å²) in [6.45, 7) is 5.26. The van der Waals surface area contributed by atoms with E-state index in [4.69, 9.17) is 0 Å². The molecule has 0 radical (unpaired) electrons. The van der Waals surface area contributed by atoms with Gasteiger partial charge in [0.25, 0.3) is 0 Å². The standard InChI is InChI=1S/C20H26N4O/c1-16-13-21-10-9-19(16)23-12-11-22-18-7-8-20(25)24(15-18)14-17-5-3-2-4-6-17/h2-6,9-10,13,18,22H,7-8,11-12,14-15H2,1H3,(H,21,23). The lowest BCUT2D eigenvalue weighted by Gasteiger charge is -2.33. The maximum atomic E-state index is 12.2. The predicted octanol–water partition coefficient (Wildman–Crippen LogP) is 2.58. The second-order valence-electron chi connectivity index (χ2n) is 6.57. The predicted molar refractivity (Wildman–Crippen MR) is 100 cm³/mol. The van der Waals surface area contributed by atoms with Crippen LogP contribution in [0.1, 0.15) is 24.0 Å². The summed E-state index contributed by atoms with van der Waals surface area (Å²) in [6, 6.07) is 12.6. The maximum absolute atomic E-state index is 12.2. The third kappa shape index (κ3) is 5.03. The van der Waals surface area contributed by atoms with Crippen molar-refractivity contribution in [2.45, 2.75) is 32.4 Å². The molecule has 5 nitrogen and oxygen atoms in total. The van der Waals surface area contributed by atoms with Crippen molar-refractivity contribution >= 4 is 11.6 Å². The highest BCUT2D eigenvalue weighted by atomic mass is 16.2. The third-order valence-electron chi connectivity index (χ3n) is 4.61. The van der Waals surface area contributed by atoms with Crippen molar-refractivity contribution < 1.29 is 4.79 Å².